The van der Waals surface area contributed by atoms with Crippen LogP contribution in [-0.2, 0) is 6.54 Å². The number of H-pyrrole nitrogens is 1. The Labute approximate surface area is 104 Å². The Morgan fingerprint density at radius 3 is 2.81 bits per heavy atom. The van der Waals surface area contributed by atoms with Crippen molar-refractivity contribution in [2.75, 3.05) is 0 Å². The van der Waals surface area contributed by atoms with E-state index in [4.69, 9.17) is 12.2 Å². The molecule has 16 heavy (non-hydrogen) atoms. The smallest absolute Gasteiger partial charge is 0.195 e. The Balaban J connectivity index is 2.45. The molecule has 0 aliphatic rings. The van der Waals surface area contributed by atoms with Crippen molar-refractivity contribution in [3.05, 3.63) is 21.6 Å². The van der Waals surface area contributed by atoms with Crippen molar-refractivity contribution in [2.45, 2.75) is 27.3 Å². The highest BCUT2D eigenvalue weighted by Gasteiger charge is 2.16. The zero-order valence-corrected chi connectivity index (χ0v) is 11.3. The molecular formula is C11H15N3S2. The lowest BCUT2D eigenvalue weighted by molar-refractivity contribution is 0.343. The lowest BCUT2D eigenvalue weighted by Gasteiger charge is -2.19. The summed E-state index contributed by atoms with van der Waals surface area (Å²) in [5.41, 5.74) is 1.31. The SMILES string of the molecule is CC(C)(C)Cn1c(-c2ccsc2)n[nH]c1=S. The third-order valence-corrected chi connectivity index (χ3v) is 3.17. The molecule has 0 radical (unpaired) electrons. The molecule has 0 amide bonds. The van der Waals surface area contributed by atoms with Gasteiger partial charge in [0.05, 0.1) is 0 Å². The van der Waals surface area contributed by atoms with E-state index in [1.165, 1.54) is 0 Å². The van der Waals surface area contributed by atoms with E-state index in [1.807, 2.05) is 0 Å². The van der Waals surface area contributed by atoms with Gasteiger partial charge in [-0.15, -0.1) is 0 Å². The van der Waals surface area contributed by atoms with Gasteiger partial charge in [0.2, 0.25) is 0 Å². The van der Waals surface area contributed by atoms with Gasteiger partial charge in [-0.2, -0.15) is 16.4 Å². The second-order valence-corrected chi connectivity index (χ2v) is 6.18. The van der Waals surface area contributed by atoms with Gasteiger partial charge in [-0.3, -0.25) is 9.67 Å². The van der Waals surface area contributed by atoms with Crippen LogP contribution in [0.4, 0.5) is 0 Å². The summed E-state index contributed by atoms with van der Waals surface area (Å²) in [6, 6.07) is 2.06. The predicted octanol–water partition coefficient (Wildman–Crippen LogP) is 3.72. The van der Waals surface area contributed by atoms with E-state index in [2.05, 4.69) is 52.4 Å². The number of nitrogens with one attached hydrogen (secondary N) is 1. The highest BCUT2D eigenvalue weighted by molar-refractivity contribution is 7.71. The van der Waals surface area contributed by atoms with Gasteiger partial charge in [-0.25, -0.2) is 0 Å². The number of rotatable bonds is 2. The third-order valence-electron chi connectivity index (χ3n) is 2.17. The predicted molar refractivity (Wildman–Crippen MR) is 70.2 cm³/mol. The molecule has 5 heteroatoms. The van der Waals surface area contributed by atoms with E-state index in [1.54, 1.807) is 11.3 Å². The highest BCUT2D eigenvalue weighted by Crippen LogP contribution is 2.24. The summed E-state index contributed by atoms with van der Waals surface area (Å²) in [5, 5.41) is 11.3. The summed E-state index contributed by atoms with van der Waals surface area (Å²) in [7, 11) is 0. The quantitative estimate of drug-likeness (QED) is 0.828. The van der Waals surface area contributed by atoms with Crippen LogP contribution in [-0.4, -0.2) is 14.8 Å². The fraction of sp³-hybridized carbons (Fsp3) is 0.455. The molecule has 0 saturated heterocycles. The molecule has 0 atom stereocenters. The summed E-state index contributed by atoms with van der Waals surface area (Å²) in [6.07, 6.45) is 0. The molecule has 0 aliphatic heterocycles. The highest BCUT2D eigenvalue weighted by atomic mass is 32.1. The maximum Gasteiger partial charge on any atom is 0.195 e. The zero-order chi connectivity index (χ0) is 11.8. The Hall–Kier alpha value is -0.940. The maximum absolute atomic E-state index is 5.26. The van der Waals surface area contributed by atoms with Gasteiger partial charge in [-0.1, -0.05) is 20.8 Å². The number of aromatic amines is 1. The zero-order valence-electron chi connectivity index (χ0n) is 9.65. The monoisotopic (exact) mass is 253 g/mol. The van der Waals surface area contributed by atoms with Crippen molar-refractivity contribution in [3.8, 4) is 11.4 Å². The van der Waals surface area contributed by atoms with Gasteiger partial charge in [0.15, 0.2) is 10.6 Å². The molecule has 2 aromatic rings. The molecule has 0 fully saturated rings. The summed E-state index contributed by atoms with van der Waals surface area (Å²) < 4.78 is 2.76. The first-order valence-corrected chi connectivity index (χ1v) is 6.50. The maximum atomic E-state index is 5.26. The topological polar surface area (TPSA) is 33.6 Å². The standard InChI is InChI=1S/C11H15N3S2/c1-11(2,3)7-14-9(12-13-10(14)15)8-4-5-16-6-8/h4-6H,7H2,1-3H3,(H,13,15). The average Bonchev–Trinajstić information content (AvgIpc) is 2.75. The van der Waals surface area contributed by atoms with Crippen molar-refractivity contribution in [2.24, 2.45) is 5.41 Å². The number of hydrogen-bond acceptors (Lipinski definition) is 3. The normalized spacial score (nSPS) is 11.9. The largest absolute Gasteiger partial charge is 0.300 e. The molecule has 0 spiro atoms. The van der Waals surface area contributed by atoms with Gasteiger partial charge in [-0.05, 0) is 29.1 Å². The first-order valence-electron chi connectivity index (χ1n) is 5.15. The molecule has 2 aromatic heterocycles. The molecule has 2 heterocycles. The molecule has 1 N–H and O–H groups in total. The Bertz CT molecular complexity index is 514. The minimum atomic E-state index is 0.187. The summed E-state index contributed by atoms with van der Waals surface area (Å²) >= 11 is 6.93. The fourth-order valence-electron chi connectivity index (χ4n) is 1.55. The van der Waals surface area contributed by atoms with Crippen LogP contribution < -0.4 is 0 Å². The third kappa shape index (κ3) is 2.41. The second-order valence-electron chi connectivity index (χ2n) is 5.01. The molecule has 0 aromatic carbocycles. The van der Waals surface area contributed by atoms with E-state index >= 15 is 0 Å². The first-order chi connectivity index (χ1) is 7.47. The Kier molecular flexibility index (Phi) is 2.99. The Morgan fingerprint density at radius 2 is 2.25 bits per heavy atom. The molecule has 0 saturated carbocycles. The minimum Gasteiger partial charge on any atom is -0.300 e. The lowest BCUT2D eigenvalue weighted by Crippen LogP contribution is -2.16. The first kappa shape index (κ1) is 11.5. The van der Waals surface area contributed by atoms with E-state index in [9.17, 15) is 0 Å². The molecule has 0 unspecified atom stereocenters. The van der Waals surface area contributed by atoms with Crippen LogP contribution in [0.1, 0.15) is 20.8 Å². The summed E-state index contributed by atoms with van der Waals surface area (Å²) in [6.45, 7) is 7.45. The van der Waals surface area contributed by atoms with Crippen LogP contribution in [0.3, 0.4) is 0 Å². The van der Waals surface area contributed by atoms with Crippen LogP contribution in [0.5, 0.6) is 0 Å². The Morgan fingerprint density at radius 1 is 1.50 bits per heavy atom. The number of thiophene rings is 1. The molecule has 3 nitrogen and oxygen atoms in total. The van der Waals surface area contributed by atoms with Gasteiger partial charge in [0, 0.05) is 17.5 Å². The number of nitrogens with zero attached hydrogens (tertiary/aromatic N) is 2. The second kappa shape index (κ2) is 4.14. The van der Waals surface area contributed by atoms with Crippen LogP contribution in [0, 0.1) is 10.2 Å². The van der Waals surface area contributed by atoms with Crippen molar-refractivity contribution in [1.82, 2.24) is 14.8 Å². The van der Waals surface area contributed by atoms with Crippen molar-refractivity contribution < 1.29 is 0 Å². The van der Waals surface area contributed by atoms with E-state index < -0.39 is 0 Å². The van der Waals surface area contributed by atoms with Crippen LogP contribution in [0.2, 0.25) is 0 Å². The molecule has 86 valence electrons. The van der Waals surface area contributed by atoms with E-state index in [-0.39, 0.29) is 5.41 Å². The van der Waals surface area contributed by atoms with Gasteiger partial charge in [0.1, 0.15) is 0 Å². The fourth-order valence-corrected chi connectivity index (χ4v) is 2.38. The summed E-state index contributed by atoms with van der Waals surface area (Å²) in [4.78, 5) is 0. The van der Waals surface area contributed by atoms with Crippen LogP contribution in [0.25, 0.3) is 11.4 Å². The van der Waals surface area contributed by atoms with E-state index in [0.717, 1.165) is 17.9 Å². The van der Waals surface area contributed by atoms with Crippen molar-refractivity contribution in [3.63, 3.8) is 0 Å². The van der Waals surface area contributed by atoms with Gasteiger partial charge >= 0.3 is 0 Å². The van der Waals surface area contributed by atoms with Gasteiger partial charge < -0.3 is 0 Å². The van der Waals surface area contributed by atoms with Crippen LogP contribution in [0.15, 0.2) is 16.8 Å². The molecule has 0 aliphatic carbocycles. The molecule has 0 bridgehead atoms. The number of hydrogen-bond donors (Lipinski definition) is 1. The van der Waals surface area contributed by atoms with Gasteiger partial charge in [0.25, 0.3) is 0 Å². The average molecular weight is 253 g/mol. The van der Waals surface area contributed by atoms with Crippen molar-refractivity contribution in [1.29, 1.82) is 0 Å². The minimum absolute atomic E-state index is 0.187. The van der Waals surface area contributed by atoms with Crippen LogP contribution >= 0.6 is 23.6 Å². The van der Waals surface area contributed by atoms with E-state index in [0.29, 0.717) is 4.77 Å². The summed E-state index contributed by atoms with van der Waals surface area (Å²) in [5.74, 6) is 0.932. The lowest BCUT2D eigenvalue weighted by atomic mass is 9.97. The molecular weight excluding hydrogens is 238 g/mol. The molecule has 2 rings (SSSR count). The van der Waals surface area contributed by atoms with Crippen molar-refractivity contribution >= 4 is 23.6 Å². The number of aromatic nitrogens is 3.